The van der Waals surface area contributed by atoms with Crippen molar-refractivity contribution in [3.8, 4) is 0 Å². The number of aromatic nitrogens is 1. The summed E-state index contributed by atoms with van der Waals surface area (Å²) in [5, 5.41) is 9.67. The molecule has 88 valence electrons. The maximum absolute atomic E-state index is 11.3. The van der Waals surface area contributed by atoms with Crippen molar-refractivity contribution in [2.24, 2.45) is 0 Å². The smallest absolute Gasteiger partial charge is 0.305 e. The monoisotopic (exact) mass is 231 g/mol. The van der Waals surface area contributed by atoms with E-state index in [0.29, 0.717) is 12.1 Å². The Morgan fingerprint density at radius 2 is 2.06 bits per heavy atom. The zero-order valence-electron chi connectivity index (χ0n) is 9.51. The van der Waals surface area contributed by atoms with Crippen molar-refractivity contribution >= 4 is 22.7 Å². The van der Waals surface area contributed by atoms with Gasteiger partial charge in [0.15, 0.2) is 5.78 Å². The molecule has 0 bridgehead atoms. The second-order valence-corrected chi connectivity index (χ2v) is 3.98. The van der Waals surface area contributed by atoms with Crippen LogP contribution in [0.25, 0.3) is 10.9 Å². The number of aryl methyl sites for hydroxylation is 1. The van der Waals surface area contributed by atoms with Crippen LogP contribution in [-0.4, -0.2) is 21.4 Å². The molecule has 0 saturated heterocycles. The van der Waals surface area contributed by atoms with Gasteiger partial charge < -0.3 is 9.67 Å². The fraction of sp³-hybridized carbons (Fsp3) is 0.231. The van der Waals surface area contributed by atoms with Crippen LogP contribution in [0.3, 0.4) is 0 Å². The van der Waals surface area contributed by atoms with Gasteiger partial charge >= 0.3 is 5.97 Å². The lowest BCUT2D eigenvalue weighted by Crippen LogP contribution is -2.03. The molecule has 1 heterocycles. The summed E-state index contributed by atoms with van der Waals surface area (Å²) in [4.78, 5) is 21.8. The van der Waals surface area contributed by atoms with E-state index in [-0.39, 0.29) is 12.2 Å². The van der Waals surface area contributed by atoms with Gasteiger partial charge in [-0.2, -0.15) is 0 Å². The molecule has 1 aromatic carbocycles. The molecule has 0 aliphatic rings. The summed E-state index contributed by atoms with van der Waals surface area (Å²) < 4.78 is 1.86. The normalized spacial score (nSPS) is 10.6. The Balaban J connectivity index is 2.39. The number of Topliss-reactive ketones (excluding diaryl/α,β-unsaturated/α-hetero) is 1. The Hall–Kier alpha value is -2.10. The lowest BCUT2D eigenvalue weighted by atomic mass is 10.1. The summed E-state index contributed by atoms with van der Waals surface area (Å²) in [5.74, 6) is -0.813. The highest BCUT2D eigenvalue weighted by Gasteiger charge is 2.06. The minimum absolute atomic E-state index is 0.0119. The highest BCUT2D eigenvalue weighted by atomic mass is 16.4. The van der Waals surface area contributed by atoms with Crippen molar-refractivity contribution in [1.82, 2.24) is 4.57 Å². The summed E-state index contributed by atoms with van der Waals surface area (Å²) in [5.41, 5.74) is 1.55. The Morgan fingerprint density at radius 1 is 1.29 bits per heavy atom. The lowest BCUT2D eigenvalue weighted by Gasteiger charge is -2.04. The summed E-state index contributed by atoms with van der Waals surface area (Å²) in [6.07, 6.45) is 1.92. The van der Waals surface area contributed by atoms with Crippen molar-refractivity contribution in [2.75, 3.05) is 0 Å². The first-order valence-corrected chi connectivity index (χ1v) is 5.39. The second-order valence-electron chi connectivity index (χ2n) is 3.98. The van der Waals surface area contributed by atoms with Crippen molar-refractivity contribution in [3.63, 3.8) is 0 Å². The van der Waals surface area contributed by atoms with Gasteiger partial charge in [0, 0.05) is 23.8 Å². The molecule has 0 aliphatic carbocycles. The Labute approximate surface area is 98.5 Å². The van der Waals surface area contributed by atoms with E-state index in [1.165, 1.54) is 6.92 Å². The number of carboxylic acids is 1. The second kappa shape index (κ2) is 4.41. The van der Waals surface area contributed by atoms with E-state index in [9.17, 15) is 9.59 Å². The fourth-order valence-electron chi connectivity index (χ4n) is 1.81. The molecule has 0 radical (unpaired) electrons. The molecule has 17 heavy (non-hydrogen) atoms. The predicted molar refractivity (Wildman–Crippen MR) is 64.2 cm³/mol. The van der Waals surface area contributed by atoms with Crippen LogP contribution < -0.4 is 0 Å². The van der Waals surface area contributed by atoms with Crippen LogP contribution in [0, 0.1) is 0 Å². The number of aliphatic carboxylic acids is 1. The van der Waals surface area contributed by atoms with Gasteiger partial charge in [-0.1, -0.05) is 12.1 Å². The fourth-order valence-corrected chi connectivity index (χ4v) is 1.81. The average Bonchev–Trinajstić information content (AvgIpc) is 2.68. The highest BCUT2D eigenvalue weighted by molar-refractivity contribution is 5.97. The number of rotatable bonds is 4. The van der Waals surface area contributed by atoms with Gasteiger partial charge in [-0.15, -0.1) is 0 Å². The van der Waals surface area contributed by atoms with Crippen LogP contribution in [-0.2, 0) is 11.3 Å². The first kappa shape index (κ1) is 11.4. The Morgan fingerprint density at radius 3 is 2.71 bits per heavy atom. The SMILES string of the molecule is CC(=O)c1ccc2ccn(CCC(=O)O)c2c1. The molecule has 0 amide bonds. The van der Waals surface area contributed by atoms with Gasteiger partial charge in [0.05, 0.1) is 6.42 Å². The lowest BCUT2D eigenvalue weighted by molar-refractivity contribution is -0.137. The molecule has 0 aliphatic heterocycles. The zero-order chi connectivity index (χ0) is 12.4. The van der Waals surface area contributed by atoms with Gasteiger partial charge in [-0.25, -0.2) is 0 Å². The third kappa shape index (κ3) is 2.36. The molecule has 4 heteroatoms. The predicted octanol–water partition coefficient (Wildman–Crippen LogP) is 2.32. The molecule has 0 fully saturated rings. The number of fused-ring (bicyclic) bond motifs is 1. The highest BCUT2D eigenvalue weighted by Crippen LogP contribution is 2.18. The summed E-state index contributed by atoms with van der Waals surface area (Å²) >= 11 is 0. The number of carbonyl (C=O) groups is 2. The van der Waals surface area contributed by atoms with Crippen LogP contribution in [0.15, 0.2) is 30.5 Å². The molecule has 0 unspecified atom stereocenters. The van der Waals surface area contributed by atoms with Crippen LogP contribution in [0.1, 0.15) is 23.7 Å². The number of carboxylic acid groups (broad SMARTS) is 1. The minimum atomic E-state index is -0.824. The number of carbonyl (C=O) groups excluding carboxylic acids is 1. The van der Waals surface area contributed by atoms with Gasteiger partial charge in [0.1, 0.15) is 0 Å². The topological polar surface area (TPSA) is 59.3 Å². The molecule has 0 spiro atoms. The van der Waals surface area contributed by atoms with E-state index in [1.54, 1.807) is 12.1 Å². The van der Waals surface area contributed by atoms with Gasteiger partial charge in [-0.3, -0.25) is 9.59 Å². The standard InChI is InChI=1S/C13H13NO3/c1-9(15)11-3-2-10-4-6-14(12(10)8-11)7-5-13(16)17/h2-4,6,8H,5,7H2,1H3,(H,16,17). The largest absolute Gasteiger partial charge is 0.481 e. The van der Waals surface area contributed by atoms with Crippen molar-refractivity contribution < 1.29 is 14.7 Å². The van der Waals surface area contributed by atoms with Gasteiger partial charge in [-0.05, 0) is 24.4 Å². The Bertz CT molecular complexity index is 583. The molecule has 2 aromatic rings. The van der Waals surface area contributed by atoms with E-state index in [4.69, 9.17) is 5.11 Å². The molecule has 4 nitrogen and oxygen atoms in total. The zero-order valence-corrected chi connectivity index (χ0v) is 9.51. The van der Waals surface area contributed by atoms with E-state index in [0.717, 1.165) is 10.9 Å². The number of nitrogens with zero attached hydrogens (tertiary/aromatic N) is 1. The third-order valence-corrected chi connectivity index (χ3v) is 2.75. The molecular formula is C13H13NO3. The van der Waals surface area contributed by atoms with Crippen LogP contribution >= 0.6 is 0 Å². The van der Waals surface area contributed by atoms with E-state index < -0.39 is 5.97 Å². The number of hydrogen-bond donors (Lipinski definition) is 1. The van der Waals surface area contributed by atoms with Crippen molar-refractivity contribution in [1.29, 1.82) is 0 Å². The Kier molecular flexibility index (Phi) is 2.95. The van der Waals surface area contributed by atoms with Crippen molar-refractivity contribution in [2.45, 2.75) is 19.9 Å². The number of hydrogen-bond acceptors (Lipinski definition) is 2. The first-order chi connectivity index (χ1) is 8.08. The van der Waals surface area contributed by atoms with Gasteiger partial charge in [0.2, 0.25) is 0 Å². The van der Waals surface area contributed by atoms with Gasteiger partial charge in [0.25, 0.3) is 0 Å². The van der Waals surface area contributed by atoms with E-state index >= 15 is 0 Å². The quantitative estimate of drug-likeness (QED) is 0.821. The maximum atomic E-state index is 11.3. The average molecular weight is 231 g/mol. The van der Waals surface area contributed by atoms with E-state index in [2.05, 4.69) is 0 Å². The third-order valence-electron chi connectivity index (χ3n) is 2.75. The summed E-state index contributed by atoms with van der Waals surface area (Å²) in [7, 11) is 0. The molecule has 1 aromatic heterocycles. The molecule has 2 rings (SSSR count). The summed E-state index contributed by atoms with van der Waals surface area (Å²) in [6, 6.07) is 7.39. The molecule has 1 N–H and O–H groups in total. The summed E-state index contributed by atoms with van der Waals surface area (Å²) in [6.45, 7) is 1.94. The number of benzene rings is 1. The minimum Gasteiger partial charge on any atom is -0.481 e. The first-order valence-electron chi connectivity index (χ1n) is 5.39. The van der Waals surface area contributed by atoms with E-state index in [1.807, 2.05) is 22.9 Å². The van der Waals surface area contributed by atoms with Crippen molar-refractivity contribution in [3.05, 3.63) is 36.0 Å². The maximum Gasteiger partial charge on any atom is 0.305 e. The van der Waals surface area contributed by atoms with Crippen LogP contribution in [0.4, 0.5) is 0 Å². The van der Waals surface area contributed by atoms with Crippen LogP contribution in [0.2, 0.25) is 0 Å². The molecule has 0 atom stereocenters. The number of ketones is 1. The molecule has 0 saturated carbocycles. The van der Waals surface area contributed by atoms with Crippen LogP contribution in [0.5, 0.6) is 0 Å². The molecular weight excluding hydrogens is 218 g/mol.